The van der Waals surface area contributed by atoms with Crippen LogP contribution in [-0.2, 0) is 23.1 Å². The fraction of sp³-hybridized carbons (Fsp3) is 0.455. The van der Waals surface area contributed by atoms with Crippen molar-refractivity contribution in [2.75, 3.05) is 31.2 Å². The molecular formula is C22H20F4N8OS. The van der Waals surface area contributed by atoms with Crippen molar-refractivity contribution in [2.45, 2.75) is 31.2 Å². The van der Waals surface area contributed by atoms with Gasteiger partial charge in [0.15, 0.2) is 21.3 Å². The van der Waals surface area contributed by atoms with Gasteiger partial charge in [0.25, 0.3) is 0 Å². The Hall–Kier alpha value is -3.26. The van der Waals surface area contributed by atoms with E-state index in [1.807, 2.05) is 4.90 Å². The Morgan fingerprint density at radius 1 is 1.14 bits per heavy atom. The summed E-state index contributed by atoms with van der Waals surface area (Å²) < 4.78 is 62.4. The third-order valence-electron chi connectivity index (χ3n) is 6.30. The minimum absolute atomic E-state index is 0.00582. The lowest BCUT2D eigenvalue weighted by atomic mass is 9.95. The van der Waals surface area contributed by atoms with E-state index >= 15 is 4.39 Å². The highest BCUT2D eigenvalue weighted by Crippen LogP contribution is 2.40. The predicted molar refractivity (Wildman–Crippen MR) is 122 cm³/mol. The van der Waals surface area contributed by atoms with E-state index in [2.05, 4.69) is 25.3 Å². The quantitative estimate of drug-likeness (QED) is 0.366. The highest BCUT2D eigenvalue weighted by molar-refractivity contribution is 7.14. The molecule has 2 saturated heterocycles. The molecule has 6 rings (SSSR count). The van der Waals surface area contributed by atoms with Gasteiger partial charge in [-0.1, -0.05) is 17.4 Å². The third-order valence-corrected chi connectivity index (χ3v) is 7.43. The number of rotatable bonds is 5. The molecule has 1 atom stereocenters. The summed E-state index contributed by atoms with van der Waals surface area (Å²) in [6.07, 6.45) is -0.580. The van der Waals surface area contributed by atoms with Crippen molar-refractivity contribution in [3.8, 4) is 10.7 Å². The standard InChI is InChI=1S/C22H20F4N8OS/c23-21(20-32-31-19(36-20)14-3-1-4-16(29-14)22(24,25)26)5-2-6-33(12-21)17-8-27-15-7-28-34(18(15)30-17)9-13-10-35-11-13/h1,3-4,7-8,13H,2,5-6,9-12H2. The van der Waals surface area contributed by atoms with E-state index in [1.54, 1.807) is 17.1 Å². The monoisotopic (exact) mass is 520 g/mol. The van der Waals surface area contributed by atoms with E-state index in [4.69, 9.17) is 9.72 Å². The number of alkyl halides is 4. The van der Waals surface area contributed by atoms with E-state index in [1.165, 1.54) is 12.1 Å². The molecule has 9 nitrogen and oxygen atoms in total. The molecule has 0 bridgehead atoms. The molecule has 0 spiro atoms. The van der Waals surface area contributed by atoms with Crippen LogP contribution in [0.2, 0.25) is 0 Å². The van der Waals surface area contributed by atoms with Crippen LogP contribution in [0.5, 0.6) is 0 Å². The van der Waals surface area contributed by atoms with Crippen molar-refractivity contribution in [1.29, 1.82) is 0 Å². The lowest BCUT2D eigenvalue weighted by Gasteiger charge is -2.36. The molecule has 0 aromatic carbocycles. The molecule has 0 N–H and O–H groups in total. The zero-order valence-electron chi connectivity index (χ0n) is 18.8. The number of aromatic nitrogens is 7. The fourth-order valence-corrected chi connectivity index (χ4v) is 5.27. The number of piperidine rings is 1. The Labute approximate surface area is 206 Å². The van der Waals surface area contributed by atoms with Crippen LogP contribution >= 0.6 is 11.3 Å². The van der Waals surface area contributed by atoms with Crippen LogP contribution < -0.4 is 4.90 Å². The minimum atomic E-state index is -4.59. The lowest BCUT2D eigenvalue weighted by Crippen LogP contribution is -2.44. The zero-order valence-corrected chi connectivity index (χ0v) is 19.6. The van der Waals surface area contributed by atoms with Crippen LogP contribution in [0.25, 0.3) is 21.9 Å². The second kappa shape index (κ2) is 8.69. The van der Waals surface area contributed by atoms with E-state index < -0.39 is 17.5 Å². The summed E-state index contributed by atoms with van der Waals surface area (Å²) in [5.74, 6) is 0.907. The summed E-state index contributed by atoms with van der Waals surface area (Å²) >= 11 is 0.914. The first kappa shape index (κ1) is 23.2. The maximum absolute atomic E-state index is 16.2. The Morgan fingerprint density at radius 3 is 2.78 bits per heavy atom. The van der Waals surface area contributed by atoms with Gasteiger partial charge >= 0.3 is 6.18 Å². The van der Waals surface area contributed by atoms with Crippen LogP contribution in [0.4, 0.5) is 23.4 Å². The van der Waals surface area contributed by atoms with Gasteiger partial charge in [-0.15, -0.1) is 10.2 Å². The molecular weight excluding hydrogens is 500 g/mol. The maximum Gasteiger partial charge on any atom is 0.433 e. The second-order valence-electron chi connectivity index (χ2n) is 8.98. The Bertz CT molecular complexity index is 1400. The minimum Gasteiger partial charge on any atom is -0.381 e. The van der Waals surface area contributed by atoms with Gasteiger partial charge < -0.3 is 9.64 Å². The average molecular weight is 521 g/mol. The van der Waals surface area contributed by atoms with Gasteiger partial charge in [0, 0.05) is 12.5 Å². The van der Waals surface area contributed by atoms with Crippen molar-refractivity contribution >= 4 is 28.3 Å². The van der Waals surface area contributed by atoms with Crippen LogP contribution in [0.3, 0.4) is 0 Å². The van der Waals surface area contributed by atoms with E-state index in [0.717, 1.165) is 17.4 Å². The number of hydrogen-bond donors (Lipinski definition) is 0. The first-order valence-corrected chi connectivity index (χ1v) is 12.2. The number of nitrogens with zero attached hydrogens (tertiary/aromatic N) is 8. The van der Waals surface area contributed by atoms with Crippen molar-refractivity contribution in [1.82, 2.24) is 34.9 Å². The van der Waals surface area contributed by atoms with E-state index in [9.17, 15) is 13.2 Å². The summed E-state index contributed by atoms with van der Waals surface area (Å²) in [5.41, 5.74) is -1.58. The molecule has 0 radical (unpaired) electrons. The van der Waals surface area contributed by atoms with E-state index in [-0.39, 0.29) is 28.7 Å². The van der Waals surface area contributed by atoms with Gasteiger partial charge in [-0.05, 0) is 25.0 Å². The Kier molecular flexibility index (Phi) is 5.59. The van der Waals surface area contributed by atoms with Gasteiger partial charge in [-0.2, -0.15) is 18.3 Å². The Morgan fingerprint density at radius 2 is 2.00 bits per heavy atom. The van der Waals surface area contributed by atoms with Crippen molar-refractivity contribution in [3.05, 3.63) is 41.3 Å². The third kappa shape index (κ3) is 4.28. The summed E-state index contributed by atoms with van der Waals surface area (Å²) in [7, 11) is 0. The number of ether oxygens (including phenoxy) is 1. The van der Waals surface area contributed by atoms with Crippen LogP contribution in [0, 0.1) is 5.92 Å². The van der Waals surface area contributed by atoms with Gasteiger partial charge in [-0.3, -0.25) is 0 Å². The molecule has 2 aliphatic rings. The maximum atomic E-state index is 16.2. The smallest absolute Gasteiger partial charge is 0.381 e. The topological polar surface area (TPSA) is 94.7 Å². The first-order valence-electron chi connectivity index (χ1n) is 11.4. The van der Waals surface area contributed by atoms with Gasteiger partial charge in [0.2, 0.25) is 0 Å². The largest absolute Gasteiger partial charge is 0.433 e. The molecule has 0 aliphatic carbocycles. The van der Waals surface area contributed by atoms with Crippen molar-refractivity contribution in [3.63, 3.8) is 0 Å². The highest BCUT2D eigenvalue weighted by atomic mass is 32.1. The number of fused-ring (bicyclic) bond motifs is 1. The van der Waals surface area contributed by atoms with Crippen LogP contribution in [0.15, 0.2) is 30.6 Å². The molecule has 14 heteroatoms. The number of hydrogen-bond acceptors (Lipinski definition) is 9. The van der Waals surface area contributed by atoms with Crippen molar-refractivity contribution in [2.24, 2.45) is 5.92 Å². The normalized spacial score (nSPS) is 21.2. The molecule has 4 aromatic heterocycles. The van der Waals surface area contributed by atoms with Crippen LogP contribution in [0.1, 0.15) is 23.5 Å². The summed E-state index contributed by atoms with van der Waals surface area (Å²) in [5, 5.41) is 12.6. The van der Waals surface area contributed by atoms with Gasteiger partial charge in [0.1, 0.15) is 22.7 Å². The summed E-state index contributed by atoms with van der Waals surface area (Å²) in [6.45, 7) is 2.60. The highest BCUT2D eigenvalue weighted by Gasteiger charge is 2.41. The molecule has 1 unspecified atom stereocenters. The summed E-state index contributed by atoms with van der Waals surface area (Å²) in [4.78, 5) is 14.6. The number of halogens is 4. The number of anilines is 1. The second-order valence-corrected chi connectivity index (χ2v) is 9.95. The molecule has 4 aromatic rings. The van der Waals surface area contributed by atoms with E-state index in [0.29, 0.717) is 55.6 Å². The molecule has 2 fully saturated rings. The first-order chi connectivity index (χ1) is 17.3. The average Bonchev–Trinajstić information content (AvgIpc) is 3.49. The fourth-order valence-electron chi connectivity index (χ4n) is 4.36. The molecule has 6 heterocycles. The molecule has 2 aliphatic heterocycles. The van der Waals surface area contributed by atoms with Gasteiger partial charge in [-0.25, -0.2) is 24.0 Å². The van der Waals surface area contributed by atoms with Gasteiger partial charge in [0.05, 0.1) is 38.7 Å². The van der Waals surface area contributed by atoms with Crippen molar-refractivity contribution < 1.29 is 22.3 Å². The molecule has 0 saturated carbocycles. The SMILES string of the molecule is FC(F)(F)c1cccc(-c2nnc(C3(F)CCCN(c4cnc5cnn(CC6COC6)c5n4)C3)s2)n1. The molecule has 0 amide bonds. The predicted octanol–water partition coefficient (Wildman–Crippen LogP) is 3.87. The number of pyridine rings is 1. The Balaban J connectivity index is 1.25. The summed E-state index contributed by atoms with van der Waals surface area (Å²) in [6, 6.07) is 3.53. The van der Waals surface area contributed by atoms with Crippen LogP contribution in [-0.4, -0.2) is 61.2 Å². The molecule has 188 valence electrons. The zero-order chi connectivity index (χ0) is 24.9. The lowest BCUT2D eigenvalue weighted by molar-refractivity contribution is -0.141. The molecule has 36 heavy (non-hydrogen) atoms.